The molecule has 0 spiro atoms. The number of nitrogens with one attached hydrogen (secondary N) is 1. The van der Waals surface area contributed by atoms with Gasteiger partial charge < -0.3 is 4.57 Å². The Morgan fingerprint density at radius 1 is 1.04 bits per heavy atom. The molecule has 1 amide bonds. The smallest absolute Gasteiger partial charge is 0.253 e. The Bertz CT molecular complexity index is 650. The maximum atomic E-state index is 11.7. The fraction of sp³-hybridized carbons (Fsp3) is 0.600. The Morgan fingerprint density at radius 2 is 1.68 bits per heavy atom. The van der Waals surface area contributed by atoms with Gasteiger partial charge in [0.1, 0.15) is 12.4 Å². The molecule has 0 aliphatic rings. The number of para-hydroxylation sites is 2. The minimum Gasteiger partial charge on any atom is -0.318 e. The zero-order valence-corrected chi connectivity index (χ0v) is 15.5. The van der Waals surface area contributed by atoms with Crippen molar-refractivity contribution < 1.29 is 4.79 Å². The molecule has 0 unspecified atom stereocenters. The van der Waals surface area contributed by atoms with Gasteiger partial charge in [-0.15, -0.1) is 0 Å². The molecule has 0 atom stereocenters. The summed E-state index contributed by atoms with van der Waals surface area (Å²) >= 11 is 0. The molecule has 0 aliphatic carbocycles. The predicted molar refractivity (Wildman–Crippen MR) is 103 cm³/mol. The number of hydrazine groups is 1. The number of nitrogens with two attached hydrogens (primary N) is 1. The topological polar surface area (TPSA) is 72.9 Å². The summed E-state index contributed by atoms with van der Waals surface area (Å²) in [4.78, 5) is 16.4. The van der Waals surface area contributed by atoms with Crippen molar-refractivity contribution in [3.63, 3.8) is 0 Å². The third-order valence-corrected chi connectivity index (χ3v) is 4.70. The monoisotopic (exact) mass is 344 g/mol. The molecule has 2 rings (SSSR count). The molecule has 1 aromatic heterocycles. The normalized spacial score (nSPS) is 11.1. The Morgan fingerprint density at radius 3 is 2.36 bits per heavy atom. The number of amides is 1. The molecule has 1 aromatic carbocycles. The van der Waals surface area contributed by atoms with Crippen LogP contribution in [-0.4, -0.2) is 15.5 Å². The van der Waals surface area contributed by atoms with Gasteiger partial charge in [0.2, 0.25) is 0 Å². The predicted octanol–water partition coefficient (Wildman–Crippen LogP) is 4.10. The second-order valence-electron chi connectivity index (χ2n) is 6.75. The summed E-state index contributed by atoms with van der Waals surface area (Å²) in [6.07, 6.45) is 12.6. The highest BCUT2D eigenvalue weighted by Crippen LogP contribution is 2.18. The number of fused-ring (bicyclic) bond motifs is 1. The zero-order chi connectivity index (χ0) is 17.9. The van der Waals surface area contributed by atoms with Crippen LogP contribution in [0.15, 0.2) is 24.3 Å². The van der Waals surface area contributed by atoms with Crippen LogP contribution in [0.25, 0.3) is 11.0 Å². The Balaban J connectivity index is 1.82. The van der Waals surface area contributed by atoms with Gasteiger partial charge in [-0.2, -0.15) is 0 Å². The summed E-state index contributed by atoms with van der Waals surface area (Å²) in [5.41, 5.74) is 4.15. The molecular formula is C20H32N4O. The summed E-state index contributed by atoms with van der Waals surface area (Å²) in [5.74, 6) is 6.03. The standard InChI is InChI=1S/C20H32N4O/c1-2-3-4-5-6-7-8-9-10-15-19-22-17-13-11-12-14-18(17)24(19)16-20(25)23-21/h11-14H,2-10,15-16,21H2,1H3,(H,23,25). The average Bonchev–Trinajstić information content (AvgIpc) is 2.98. The lowest BCUT2D eigenvalue weighted by molar-refractivity contribution is -0.121. The highest BCUT2D eigenvalue weighted by atomic mass is 16.2. The number of benzene rings is 1. The zero-order valence-electron chi connectivity index (χ0n) is 15.5. The number of imidazole rings is 1. The Labute approximate surface area is 151 Å². The largest absolute Gasteiger partial charge is 0.318 e. The van der Waals surface area contributed by atoms with Gasteiger partial charge in [0.25, 0.3) is 5.91 Å². The number of aromatic nitrogens is 2. The van der Waals surface area contributed by atoms with E-state index in [1.165, 1.54) is 51.4 Å². The van der Waals surface area contributed by atoms with Gasteiger partial charge in [0, 0.05) is 6.42 Å². The van der Waals surface area contributed by atoms with Gasteiger partial charge in [-0.3, -0.25) is 10.2 Å². The first-order valence-electron chi connectivity index (χ1n) is 9.70. The van der Waals surface area contributed by atoms with Crippen molar-refractivity contribution >= 4 is 16.9 Å². The number of hydrogen-bond acceptors (Lipinski definition) is 3. The van der Waals surface area contributed by atoms with Crippen LogP contribution in [0, 0.1) is 0 Å². The van der Waals surface area contributed by atoms with Crippen LogP contribution in [0.5, 0.6) is 0 Å². The quantitative estimate of drug-likeness (QED) is 0.263. The summed E-state index contributed by atoms with van der Waals surface area (Å²) in [6.45, 7) is 2.48. The summed E-state index contributed by atoms with van der Waals surface area (Å²) in [7, 11) is 0. The molecule has 3 N–H and O–H groups in total. The first-order valence-corrected chi connectivity index (χ1v) is 9.70. The van der Waals surface area contributed by atoms with Gasteiger partial charge in [-0.1, -0.05) is 70.4 Å². The number of unbranched alkanes of at least 4 members (excludes halogenated alkanes) is 8. The molecule has 0 aliphatic heterocycles. The second kappa shape index (κ2) is 10.9. The van der Waals surface area contributed by atoms with Crippen LogP contribution < -0.4 is 11.3 Å². The second-order valence-corrected chi connectivity index (χ2v) is 6.75. The fourth-order valence-electron chi connectivity index (χ4n) is 3.28. The van der Waals surface area contributed by atoms with E-state index >= 15 is 0 Å². The molecule has 25 heavy (non-hydrogen) atoms. The molecule has 5 heteroatoms. The van der Waals surface area contributed by atoms with Gasteiger partial charge in [-0.25, -0.2) is 10.8 Å². The molecule has 138 valence electrons. The van der Waals surface area contributed by atoms with Crippen LogP contribution in [0.1, 0.15) is 70.5 Å². The molecule has 5 nitrogen and oxygen atoms in total. The van der Waals surface area contributed by atoms with E-state index < -0.39 is 0 Å². The first-order chi connectivity index (χ1) is 12.3. The van der Waals surface area contributed by atoms with Crippen LogP contribution >= 0.6 is 0 Å². The van der Waals surface area contributed by atoms with Crippen LogP contribution in [0.2, 0.25) is 0 Å². The fourth-order valence-corrected chi connectivity index (χ4v) is 3.28. The van der Waals surface area contributed by atoms with E-state index in [9.17, 15) is 4.79 Å². The number of nitrogens with zero attached hydrogens (tertiary/aromatic N) is 2. The van der Waals surface area contributed by atoms with Gasteiger partial charge in [-0.05, 0) is 18.6 Å². The van der Waals surface area contributed by atoms with E-state index in [-0.39, 0.29) is 12.5 Å². The molecule has 0 saturated heterocycles. The van der Waals surface area contributed by atoms with E-state index in [0.717, 1.165) is 29.7 Å². The van der Waals surface area contributed by atoms with E-state index in [1.807, 2.05) is 28.8 Å². The SMILES string of the molecule is CCCCCCCCCCCc1nc2ccccc2n1CC(=O)NN. The molecule has 0 fully saturated rings. The molecule has 0 saturated carbocycles. The molecule has 1 heterocycles. The van der Waals surface area contributed by atoms with E-state index in [2.05, 4.69) is 12.3 Å². The number of carbonyl (C=O) groups excluding carboxylic acids is 1. The number of hydrogen-bond donors (Lipinski definition) is 2. The number of rotatable bonds is 12. The third-order valence-electron chi connectivity index (χ3n) is 4.70. The van der Waals surface area contributed by atoms with Gasteiger partial charge in [0.15, 0.2) is 0 Å². The first kappa shape index (κ1) is 19.4. The lowest BCUT2D eigenvalue weighted by atomic mass is 10.1. The van der Waals surface area contributed by atoms with Crippen molar-refractivity contribution in [2.24, 2.45) is 5.84 Å². The van der Waals surface area contributed by atoms with Gasteiger partial charge >= 0.3 is 0 Å². The van der Waals surface area contributed by atoms with E-state index in [0.29, 0.717) is 0 Å². The highest BCUT2D eigenvalue weighted by Gasteiger charge is 2.12. The van der Waals surface area contributed by atoms with Crippen molar-refractivity contribution in [2.45, 2.75) is 77.7 Å². The van der Waals surface area contributed by atoms with Crippen molar-refractivity contribution in [3.05, 3.63) is 30.1 Å². The number of aryl methyl sites for hydroxylation is 1. The molecule has 2 aromatic rings. The van der Waals surface area contributed by atoms with E-state index in [1.54, 1.807) is 0 Å². The molecule has 0 bridgehead atoms. The molecular weight excluding hydrogens is 312 g/mol. The minimum absolute atomic E-state index is 0.198. The lowest BCUT2D eigenvalue weighted by Gasteiger charge is -2.08. The minimum atomic E-state index is -0.198. The summed E-state index contributed by atoms with van der Waals surface area (Å²) in [6, 6.07) is 7.95. The third kappa shape index (κ3) is 6.16. The Hall–Kier alpha value is -1.88. The van der Waals surface area contributed by atoms with Crippen molar-refractivity contribution in [2.75, 3.05) is 0 Å². The van der Waals surface area contributed by atoms with E-state index in [4.69, 9.17) is 10.8 Å². The summed E-state index contributed by atoms with van der Waals surface area (Å²) < 4.78 is 1.99. The molecule has 0 radical (unpaired) electrons. The van der Waals surface area contributed by atoms with Crippen molar-refractivity contribution in [1.82, 2.24) is 15.0 Å². The number of carbonyl (C=O) groups is 1. The lowest BCUT2D eigenvalue weighted by Crippen LogP contribution is -2.33. The van der Waals surface area contributed by atoms with Crippen LogP contribution in [-0.2, 0) is 17.8 Å². The van der Waals surface area contributed by atoms with Gasteiger partial charge in [0.05, 0.1) is 11.0 Å². The average molecular weight is 345 g/mol. The van der Waals surface area contributed by atoms with Crippen molar-refractivity contribution in [1.29, 1.82) is 0 Å². The van der Waals surface area contributed by atoms with Crippen LogP contribution in [0.4, 0.5) is 0 Å². The maximum Gasteiger partial charge on any atom is 0.253 e. The Kier molecular flexibility index (Phi) is 8.46. The summed E-state index contributed by atoms with van der Waals surface area (Å²) in [5, 5.41) is 0. The van der Waals surface area contributed by atoms with Crippen LogP contribution in [0.3, 0.4) is 0 Å². The highest BCUT2D eigenvalue weighted by molar-refractivity contribution is 5.80. The maximum absolute atomic E-state index is 11.7. The van der Waals surface area contributed by atoms with Crippen molar-refractivity contribution in [3.8, 4) is 0 Å².